The summed E-state index contributed by atoms with van der Waals surface area (Å²) in [6, 6.07) is 0. The number of likely N-dealkylation sites (N-methyl/N-ethyl adjacent to an activating group) is 2. The zero-order valence-corrected chi connectivity index (χ0v) is 12.7. The molecular weight excluding hydrogens is 238 g/mol. The van der Waals surface area contributed by atoms with Gasteiger partial charge in [-0.25, -0.2) is 0 Å². The Morgan fingerprint density at radius 1 is 1.32 bits per heavy atom. The van der Waals surface area contributed by atoms with Crippen molar-refractivity contribution in [3.05, 3.63) is 0 Å². The lowest BCUT2D eigenvalue weighted by molar-refractivity contribution is -0.0568. The molecule has 1 aliphatic carbocycles. The van der Waals surface area contributed by atoms with E-state index in [1.54, 1.807) is 0 Å². The van der Waals surface area contributed by atoms with Crippen LogP contribution in [0.4, 0.5) is 0 Å². The highest BCUT2D eigenvalue weighted by atomic mass is 16.5. The molecule has 0 aromatic heterocycles. The van der Waals surface area contributed by atoms with E-state index in [0.29, 0.717) is 6.10 Å². The monoisotopic (exact) mass is 269 g/mol. The summed E-state index contributed by atoms with van der Waals surface area (Å²) in [5.74, 6) is 0. The van der Waals surface area contributed by atoms with Crippen LogP contribution in [0.3, 0.4) is 0 Å². The molecule has 4 nitrogen and oxygen atoms in total. The van der Waals surface area contributed by atoms with E-state index in [1.165, 1.54) is 25.7 Å². The van der Waals surface area contributed by atoms with Crippen LogP contribution in [0.25, 0.3) is 0 Å². The van der Waals surface area contributed by atoms with Gasteiger partial charge < -0.3 is 10.5 Å². The molecule has 112 valence electrons. The number of hydrogen-bond donors (Lipinski definition) is 1. The molecule has 2 N–H and O–H groups in total. The summed E-state index contributed by atoms with van der Waals surface area (Å²) in [5, 5.41) is 0. The summed E-state index contributed by atoms with van der Waals surface area (Å²) in [7, 11) is 0. The number of rotatable bonds is 6. The van der Waals surface area contributed by atoms with Crippen molar-refractivity contribution in [1.29, 1.82) is 0 Å². The number of nitrogens with zero attached hydrogens (tertiary/aromatic N) is 2. The summed E-state index contributed by atoms with van der Waals surface area (Å²) in [6.07, 6.45) is 5.56. The first-order valence-corrected chi connectivity index (χ1v) is 8.03. The molecule has 0 aromatic rings. The van der Waals surface area contributed by atoms with Crippen molar-refractivity contribution in [2.45, 2.75) is 51.2 Å². The molecule has 2 fully saturated rings. The van der Waals surface area contributed by atoms with Gasteiger partial charge in [-0.1, -0.05) is 26.7 Å². The maximum atomic E-state index is 6.11. The third kappa shape index (κ3) is 3.48. The molecule has 0 bridgehead atoms. The van der Waals surface area contributed by atoms with E-state index in [4.69, 9.17) is 10.5 Å². The summed E-state index contributed by atoms with van der Waals surface area (Å²) >= 11 is 0. The first kappa shape index (κ1) is 15.2. The minimum absolute atomic E-state index is 0.257. The van der Waals surface area contributed by atoms with E-state index in [2.05, 4.69) is 23.6 Å². The maximum Gasteiger partial charge on any atom is 0.0829 e. The second kappa shape index (κ2) is 7.02. The lowest BCUT2D eigenvalue weighted by Crippen LogP contribution is -2.56. The van der Waals surface area contributed by atoms with Crippen LogP contribution in [0.5, 0.6) is 0 Å². The van der Waals surface area contributed by atoms with Crippen LogP contribution in [0, 0.1) is 0 Å². The van der Waals surface area contributed by atoms with Crippen LogP contribution in [0.2, 0.25) is 0 Å². The Morgan fingerprint density at radius 3 is 2.63 bits per heavy atom. The van der Waals surface area contributed by atoms with Crippen molar-refractivity contribution in [3.8, 4) is 0 Å². The summed E-state index contributed by atoms with van der Waals surface area (Å²) in [5.41, 5.74) is 6.37. The van der Waals surface area contributed by atoms with Crippen LogP contribution < -0.4 is 5.73 Å². The molecule has 4 heteroatoms. The lowest BCUT2D eigenvalue weighted by Gasteiger charge is -2.43. The SMILES string of the molecule is CCN1CCOC(CN(CC)C2(CN)CCCC2)C1. The van der Waals surface area contributed by atoms with Gasteiger partial charge in [0.2, 0.25) is 0 Å². The van der Waals surface area contributed by atoms with Gasteiger partial charge in [-0.05, 0) is 25.9 Å². The number of hydrogen-bond acceptors (Lipinski definition) is 4. The van der Waals surface area contributed by atoms with Crippen molar-refractivity contribution in [2.24, 2.45) is 5.73 Å². The Hall–Kier alpha value is -0.160. The third-order valence-electron chi connectivity index (χ3n) is 5.06. The highest BCUT2D eigenvalue weighted by Gasteiger charge is 2.38. The zero-order valence-electron chi connectivity index (χ0n) is 12.7. The molecule has 0 radical (unpaired) electrons. The lowest BCUT2D eigenvalue weighted by atomic mass is 9.94. The molecular formula is C15H31N3O. The van der Waals surface area contributed by atoms with Gasteiger partial charge in [0.15, 0.2) is 0 Å². The average molecular weight is 269 g/mol. The molecule has 2 aliphatic rings. The van der Waals surface area contributed by atoms with Gasteiger partial charge in [0.05, 0.1) is 12.7 Å². The van der Waals surface area contributed by atoms with Crippen molar-refractivity contribution < 1.29 is 4.74 Å². The normalized spacial score (nSPS) is 28.1. The maximum absolute atomic E-state index is 6.11. The molecule has 0 aromatic carbocycles. The Kier molecular flexibility index (Phi) is 5.63. The van der Waals surface area contributed by atoms with Gasteiger partial charge in [0.1, 0.15) is 0 Å². The summed E-state index contributed by atoms with van der Waals surface area (Å²) in [6.45, 7) is 11.6. The van der Waals surface area contributed by atoms with Crippen LogP contribution >= 0.6 is 0 Å². The second-order valence-electron chi connectivity index (χ2n) is 6.06. The quantitative estimate of drug-likeness (QED) is 0.789. The van der Waals surface area contributed by atoms with Crippen LogP contribution in [0.1, 0.15) is 39.5 Å². The van der Waals surface area contributed by atoms with E-state index < -0.39 is 0 Å². The topological polar surface area (TPSA) is 41.7 Å². The van der Waals surface area contributed by atoms with Crippen molar-refractivity contribution in [2.75, 3.05) is 45.9 Å². The first-order valence-electron chi connectivity index (χ1n) is 8.03. The summed E-state index contributed by atoms with van der Waals surface area (Å²) < 4.78 is 5.97. The number of morpholine rings is 1. The molecule has 1 aliphatic heterocycles. The predicted molar refractivity (Wildman–Crippen MR) is 79.4 cm³/mol. The Labute approximate surface area is 118 Å². The molecule has 1 saturated heterocycles. The van der Waals surface area contributed by atoms with Crippen molar-refractivity contribution in [3.63, 3.8) is 0 Å². The minimum Gasteiger partial charge on any atom is -0.374 e. The fraction of sp³-hybridized carbons (Fsp3) is 1.00. The Balaban J connectivity index is 1.94. The Bertz CT molecular complexity index is 266. The van der Waals surface area contributed by atoms with Crippen molar-refractivity contribution >= 4 is 0 Å². The van der Waals surface area contributed by atoms with E-state index in [9.17, 15) is 0 Å². The molecule has 0 amide bonds. The minimum atomic E-state index is 0.257. The highest BCUT2D eigenvalue weighted by molar-refractivity contribution is 4.96. The number of nitrogens with two attached hydrogens (primary N) is 1. The largest absolute Gasteiger partial charge is 0.374 e. The smallest absolute Gasteiger partial charge is 0.0829 e. The standard InChI is InChI=1S/C15H31N3O/c1-3-17-9-10-19-14(11-17)12-18(4-2)15(13-16)7-5-6-8-15/h14H,3-13,16H2,1-2H3. The van der Waals surface area contributed by atoms with Gasteiger partial charge in [0.25, 0.3) is 0 Å². The van der Waals surface area contributed by atoms with Gasteiger partial charge in [0, 0.05) is 31.7 Å². The Morgan fingerprint density at radius 2 is 2.05 bits per heavy atom. The molecule has 1 heterocycles. The van der Waals surface area contributed by atoms with Gasteiger partial charge in [-0.15, -0.1) is 0 Å². The van der Waals surface area contributed by atoms with Crippen LogP contribution in [-0.4, -0.2) is 67.3 Å². The third-order valence-corrected chi connectivity index (χ3v) is 5.06. The zero-order chi connectivity index (χ0) is 13.7. The molecule has 0 spiro atoms. The average Bonchev–Trinajstić information content (AvgIpc) is 2.95. The van der Waals surface area contributed by atoms with Gasteiger partial charge >= 0.3 is 0 Å². The van der Waals surface area contributed by atoms with E-state index in [0.717, 1.165) is 45.9 Å². The van der Waals surface area contributed by atoms with Crippen LogP contribution in [-0.2, 0) is 4.74 Å². The first-order chi connectivity index (χ1) is 9.24. The summed E-state index contributed by atoms with van der Waals surface area (Å²) in [4.78, 5) is 5.09. The van der Waals surface area contributed by atoms with E-state index in [-0.39, 0.29) is 5.54 Å². The van der Waals surface area contributed by atoms with E-state index >= 15 is 0 Å². The molecule has 1 saturated carbocycles. The molecule has 19 heavy (non-hydrogen) atoms. The second-order valence-corrected chi connectivity index (χ2v) is 6.06. The molecule has 1 atom stereocenters. The van der Waals surface area contributed by atoms with E-state index in [1.807, 2.05) is 0 Å². The fourth-order valence-electron chi connectivity index (χ4n) is 3.76. The van der Waals surface area contributed by atoms with Crippen molar-refractivity contribution in [1.82, 2.24) is 9.80 Å². The molecule has 2 rings (SSSR count). The predicted octanol–water partition coefficient (Wildman–Crippen LogP) is 1.30. The van der Waals surface area contributed by atoms with Crippen LogP contribution in [0.15, 0.2) is 0 Å². The highest BCUT2D eigenvalue weighted by Crippen LogP contribution is 2.34. The number of ether oxygens (including phenoxy) is 1. The van der Waals surface area contributed by atoms with Gasteiger partial charge in [-0.2, -0.15) is 0 Å². The fourth-order valence-corrected chi connectivity index (χ4v) is 3.76. The van der Waals surface area contributed by atoms with Gasteiger partial charge in [-0.3, -0.25) is 9.80 Å². The molecule has 1 unspecified atom stereocenters.